The molecule has 92 valence electrons. The van der Waals surface area contributed by atoms with E-state index >= 15 is 0 Å². The topological polar surface area (TPSA) is 78.3 Å². The molecule has 4 N–H and O–H groups in total. The molecule has 0 spiro atoms. The maximum absolute atomic E-state index is 10.6. The fraction of sp³-hybridized carbons (Fsp3) is 0.462. The van der Waals surface area contributed by atoms with Crippen molar-refractivity contribution >= 4 is 5.91 Å². The lowest BCUT2D eigenvalue weighted by molar-refractivity contribution is -0.118. The molecule has 1 heterocycles. The molecular weight excluding hydrogens is 216 g/mol. The molecule has 1 amide bonds. The van der Waals surface area contributed by atoms with E-state index in [1.54, 1.807) is 0 Å². The van der Waals surface area contributed by atoms with Gasteiger partial charge in [0.25, 0.3) is 0 Å². The van der Waals surface area contributed by atoms with Crippen LogP contribution in [-0.4, -0.2) is 5.91 Å². The Morgan fingerprint density at radius 2 is 2.12 bits per heavy atom. The maximum Gasteiger partial charge on any atom is 0.217 e. The molecule has 0 fully saturated rings. The van der Waals surface area contributed by atoms with E-state index in [1.807, 2.05) is 6.07 Å². The quantitative estimate of drug-likeness (QED) is 0.807. The van der Waals surface area contributed by atoms with E-state index in [0.29, 0.717) is 19.6 Å². The number of benzene rings is 1. The lowest BCUT2D eigenvalue weighted by Crippen LogP contribution is -2.14. The molecule has 4 nitrogen and oxygen atoms in total. The highest BCUT2D eigenvalue weighted by molar-refractivity contribution is 5.73. The molecule has 0 saturated carbocycles. The van der Waals surface area contributed by atoms with Gasteiger partial charge in [0.2, 0.25) is 5.91 Å². The minimum atomic E-state index is -0.264. The van der Waals surface area contributed by atoms with Gasteiger partial charge in [-0.3, -0.25) is 4.79 Å². The molecule has 17 heavy (non-hydrogen) atoms. The molecule has 1 aliphatic rings. The van der Waals surface area contributed by atoms with Crippen molar-refractivity contribution < 1.29 is 9.53 Å². The third-order valence-electron chi connectivity index (χ3n) is 3.11. The number of amides is 1. The van der Waals surface area contributed by atoms with Crippen LogP contribution in [0.25, 0.3) is 0 Å². The van der Waals surface area contributed by atoms with Crippen LogP contribution in [0.3, 0.4) is 0 Å². The summed E-state index contributed by atoms with van der Waals surface area (Å²) in [5, 5.41) is 0. The number of hydrogen-bond acceptors (Lipinski definition) is 3. The molecule has 0 bridgehead atoms. The van der Waals surface area contributed by atoms with E-state index in [-0.39, 0.29) is 11.9 Å². The van der Waals surface area contributed by atoms with Crippen molar-refractivity contribution in [3.63, 3.8) is 0 Å². The molecule has 0 aliphatic carbocycles. The molecule has 2 rings (SSSR count). The fourth-order valence-electron chi connectivity index (χ4n) is 2.09. The number of hydrogen-bond donors (Lipinski definition) is 2. The molecule has 1 aromatic rings. The molecule has 0 radical (unpaired) electrons. The second-order valence-electron chi connectivity index (χ2n) is 4.49. The minimum absolute atomic E-state index is 0.0275. The zero-order valence-corrected chi connectivity index (χ0v) is 9.82. The van der Waals surface area contributed by atoms with Crippen molar-refractivity contribution in [1.82, 2.24) is 0 Å². The Morgan fingerprint density at radius 3 is 2.88 bits per heavy atom. The largest absolute Gasteiger partial charge is 0.372 e. The predicted octanol–water partition coefficient (Wildman–Crippen LogP) is 1.37. The summed E-state index contributed by atoms with van der Waals surface area (Å²) in [7, 11) is 0. The Morgan fingerprint density at radius 1 is 1.35 bits per heavy atom. The fourth-order valence-corrected chi connectivity index (χ4v) is 2.09. The first-order chi connectivity index (χ1) is 8.16. The van der Waals surface area contributed by atoms with Gasteiger partial charge in [-0.05, 0) is 29.5 Å². The molecule has 4 heteroatoms. The Bertz CT molecular complexity index is 418. The number of carbonyl (C=O) groups is 1. The minimum Gasteiger partial charge on any atom is -0.372 e. The van der Waals surface area contributed by atoms with Crippen LogP contribution >= 0.6 is 0 Å². The van der Waals surface area contributed by atoms with Gasteiger partial charge in [0.1, 0.15) is 0 Å². The van der Waals surface area contributed by atoms with Crippen LogP contribution < -0.4 is 11.5 Å². The van der Waals surface area contributed by atoms with Crippen LogP contribution in [0.1, 0.15) is 42.0 Å². The first-order valence-corrected chi connectivity index (χ1v) is 5.90. The highest BCUT2D eigenvalue weighted by atomic mass is 16.5. The van der Waals surface area contributed by atoms with E-state index in [1.165, 1.54) is 11.1 Å². The Balaban J connectivity index is 1.95. The number of carbonyl (C=O) groups excluding carboxylic acids is 1. The maximum atomic E-state index is 10.6. The van der Waals surface area contributed by atoms with Crippen LogP contribution in [0, 0.1) is 0 Å². The van der Waals surface area contributed by atoms with Gasteiger partial charge in [0, 0.05) is 12.5 Å². The highest BCUT2D eigenvalue weighted by Crippen LogP contribution is 2.25. The van der Waals surface area contributed by atoms with Crippen LogP contribution in [0.5, 0.6) is 0 Å². The van der Waals surface area contributed by atoms with E-state index < -0.39 is 0 Å². The van der Waals surface area contributed by atoms with E-state index in [2.05, 4.69) is 12.1 Å². The lowest BCUT2D eigenvalue weighted by Gasteiger charge is -2.12. The van der Waals surface area contributed by atoms with Crippen LogP contribution in [-0.2, 0) is 22.7 Å². The van der Waals surface area contributed by atoms with E-state index in [9.17, 15) is 4.79 Å². The van der Waals surface area contributed by atoms with Crippen molar-refractivity contribution in [3.8, 4) is 0 Å². The van der Waals surface area contributed by atoms with Gasteiger partial charge in [-0.25, -0.2) is 0 Å². The summed E-state index contributed by atoms with van der Waals surface area (Å²) in [6, 6.07) is 6.20. The first-order valence-electron chi connectivity index (χ1n) is 5.90. The van der Waals surface area contributed by atoms with Crippen molar-refractivity contribution in [2.45, 2.75) is 38.5 Å². The summed E-state index contributed by atoms with van der Waals surface area (Å²) < 4.78 is 5.36. The second-order valence-corrected chi connectivity index (χ2v) is 4.49. The normalized spacial score (nSPS) is 15.6. The zero-order valence-electron chi connectivity index (χ0n) is 9.82. The average Bonchev–Trinajstić information content (AvgIpc) is 2.75. The third-order valence-corrected chi connectivity index (χ3v) is 3.11. The molecule has 0 saturated heterocycles. The van der Waals surface area contributed by atoms with Crippen LogP contribution in [0.15, 0.2) is 18.2 Å². The number of primary amides is 1. The molecule has 1 atom stereocenters. The van der Waals surface area contributed by atoms with Gasteiger partial charge in [-0.1, -0.05) is 18.2 Å². The predicted molar refractivity (Wildman–Crippen MR) is 64.9 cm³/mol. The molecule has 1 unspecified atom stereocenters. The third kappa shape index (κ3) is 3.05. The summed E-state index contributed by atoms with van der Waals surface area (Å²) in [5.41, 5.74) is 14.8. The van der Waals surface area contributed by atoms with Gasteiger partial charge in [-0.2, -0.15) is 0 Å². The summed E-state index contributed by atoms with van der Waals surface area (Å²) in [4.78, 5) is 10.6. The van der Waals surface area contributed by atoms with Crippen molar-refractivity contribution in [2.75, 3.05) is 0 Å². The standard InChI is InChI=1S/C13H18N2O2/c14-12(2-1-3-13(15)16)9-4-5-10-7-17-8-11(10)6-9/h4-6,12H,1-3,7-8,14H2,(H2,15,16). The van der Waals surface area contributed by atoms with Gasteiger partial charge in [-0.15, -0.1) is 0 Å². The van der Waals surface area contributed by atoms with Gasteiger partial charge >= 0.3 is 0 Å². The molecule has 1 aliphatic heterocycles. The van der Waals surface area contributed by atoms with Gasteiger partial charge < -0.3 is 16.2 Å². The van der Waals surface area contributed by atoms with Crippen molar-refractivity contribution in [2.24, 2.45) is 11.5 Å². The monoisotopic (exact) mass is 234 g/mol. The van der Waals surface area contributed by atoms with Crippen LogP contribution in [0.2, 0.25) is 0 Å². The Hall–Kier alpha value is -1.39. The number of ether oxygens (including phenoxy) is 1. The van der Waals surface area contributed by atoms with Crippen molar-refractivity contribution in [3.05, 3.63) is 34.9 Å². The summed E-state index contributed by atoms with van der Waals surface area (Å²) in [5.74, 6) is -0.264. The smallest absolute Gasteiger partial charge is 0.217 e. The lowest BCUT2D eigenvalue weighted by atomic mass is 9.98. The van der Waals surface area contributed by atoms with E-state index in [0.717, 1.165) is 18.4 Å². The second kappa shape index (κ2) is 5.29. The summed E-state index contributed by atoms with van der Waals surface area (Å²) >= 11 is 0. The highest BCUT2D eigenvalue weighted by Gasteiger charge is 2.14. The summed E-state index contributed by atoms with van der Waals surface area (Å²) in [6.07, 6.45) is 1.93. The molecular formula is C13H18N2O2. The summed E-state index contributed by atoms with van der Waals surface area (Å²) in [6.45, 7) is 1.38. The SMILES string of the molecule is NC(=O)CCCC(N)c1ccc2c(c1)COC2. The zero-order chi connectivity index (χ0) is 12.3. The number of fused-ring (bicyclic) bond motifs is 1. The van der Waals surface area contributed by atoms with E-state index in [4.69, 9.17) is 16.2 Å². The molecule has 1 aromatic carbocycles. The van der Waals surface area contributed by atoms with Gasteiger partial charge in [0.15, 0.2) is 0 Å². The van der Waals surface area contributed by atoms with Crippen LogP contribution in [0.4, 0.5) is 0 Å². The number of nitrogens with two attached hydrogens (primary N) is 2. The average molecular weight is 234 g/mol. The Kier molecular flexibility index (Phi) is 3.76. The Labute approximate surface area is 101 Å². The van der Waals surface area contributed by atoms with Crippen molar-refractivity contribution in [1.29, 1.82) is 0 Å². The molecule has 0 aromatic heterocycles. The number of rotatable bonds is 5. The first kappa shape index (κ1) is 12.1. The van der Waals surface area contributed by atoms with Gasteiger partial charge in [0.05, 0.1) is 13.2 Å².